The van der Waals surface area contributed by atoms with E-state index in [1.165, 1.54) is 19.1 Å². The van der Waals surface area contributed by atoms with Gasteiger partial charge in [-0.15, -0.1) is 0 Å². The van der Waals surface area contributed by atoms with Gasteiger partial charge < -0.3 is 14.6 Å². The molecule has 168 valence electrons. The highest BCUT2D eigenvalue weighted by Gasteiger charge is 2.57. The first-order valence-corrected chi connectivity index (χ1v) is 10.3. The summed E-state index contributed by atoms with van der Waals surface area (Å²) < 4.78 is 10.4. The summed E-state index contributed by atoms with van der Waals surface area (Å²) in [5.74, 6) is -5.21. The summed E-state index contributed by atoms with van der Waals surface area (Å²) in [6, 6.07) is 7.39. The highest BCUT2D eigenvalue weighted by molar-refractivity contribution is 6.02. The number of ketones is 1. The summed E-state index contributed by atoms with van der Waals surface area (Å²) in [5, 5.41) is 11.0. The Morgan fingerprint density at radius 3 is 2.10 bits per heavy atom. The van der Waals surface area contributed by atoms with Gasteiger partial charge in [-0.2, -0.15) is 0 Å². The van der Waals surface area contributed by atoms with Crippen molar-refractivity contribution in [1.29, 1.82) is 0 Å². The van der Waals surface area contributed by atoms with Crippen LogP contribution in [-0.4, -0.2) is 41.6 Å². The Kier molecular flexibility index (Phi) is 7.60. The minimum atomic E-state index is -1.68. The summed E-state index contributed by atoms with van der Waals surface area (Å²) in [6.07, 6.45) is 2.47. The fourth-order valence-corrected chi connectivity index (χ4v) is 4.08. The molecule has 2 rings (SSSR count). The number of Topliss-reactive ketones (excluding diaryl/α,β-unsaturated/α-hetero) is 1. The average molecular weight is 429 g/mol. The van der Waals surface area contributed by atoms with Crippen molar-refractivity contribution in [1.82, 2.24) is 0 Å². The molecular weight excluding hydrogens is 396 g/mol. The van der Waals surface area contributed by atoms with Crippen LogP contribution in [0.1, 0.15) is 51.2 Å². The SMILES string of the molecule is C=CCOC(=O)[C@H]1C(=O)C[C@](C)(O)[C@@H](C(=O)OCC=C)[C@H]1c1ccc(C(C)(C)C)cc1. The van der Waals surface area contributed by atoms with Crippen molar-refractivity contribution in [3.63, 3.8) is 0 Å². The first kappa shape index (κ1) is 24.5. The van der Waals surface area contributed by atoms with E-state index in [0.717, 1.165) is 5.56 Å². The van der Waals surface area contributed by atoms with Crippen molar-refractivity contribution in [2.75, 3.05) is 13.2 Å². The lowest BCUT2D eigenvalue weighted by atomic mass is 9.61. The van der Waals surface area contributed by atoms with Crippen LogP contribution in [0.3, 0.4) is 0 Å². The lowest BCUT2D eigenvalue weighted by molar-refractivity contribution is -0.171. The molecule has 6 nitrogen and oxygen atoms in total. The number of carbonyl (C=O) groups is 3. The van der Waals surface area contributed by atoms with Gasteiger partial charge in [-0.05, 0) is 23.5 Å². The van der Waals surface area contributed by atoms with Crippen LogP contribution < -0.4 is 0 Å². The molecule has 1 N–H and O–H groups in total. The Hall–Kier alpha value is -2.73. The number of esters is 2. The molecule has 4 atom stereocenters. The van der Waals surface area contributed by atoms with Gasteiger partial charge in [0.25, 0.3) is 0 Å². The minimum Gasteiger partial charge on any atom is -0.461 e. The summed E-state index contributed by atoms with van der Waals surface area (Å²) in [7, 11) is 0. The van der Waals surface area contributed by atoms with Gasteiger partial charge in [-0.1, -0.05) is 70.3 Å². The molecule has 0 saturated heterocycles. The average Bonchev–Trinajstić information content (AvgIpc) is 2.68. The molecule has 0 bridgehead atoms. The van der Waals surface area contributed by atoms with E-state index in [1.807, 2.05) is 12.1 Å². The van der Waals surface area contributed by atoms with E-state index in [0.29, 0.717) is 5.56 Å². The summed E-state index contributed by atoms with van der Waals surface area (Å²) >= 11 is 0. The van der Waals surface area contributed by atoms with Crippen molar-refractivity contribution in [3.05, 3.63) is 60.7 Å². The number of aliphatic hydroxyl groups is 1. The summed E-state index contributed by atoms with van der Waals surface area (Å²) in [5.41, 5.74) is -0.140. The third-order valence-electron chi connectivity index (χ3n) is 5.62. The maximum Gasteiger partial charge on any atom is 0.317 e. The summed E-state index contributed by atoms with van der Waals surface area (Å²) in [6.45, 7) is 14.6. The van der Waals surface area contributed by atoms with Crippen molar-refractivity contribution in [2.45, 2.75) is 51.0 Å². The van der Waals surface area contributed by atoms with Crippen molar-refractivity contribution < 1.29 is 29.0 Å². The predicted octanol–water partition coefficient (Wildman–Crippen LogP) is 3.48. The van der Waals surface area contributed by atoms with Crippen molar-refractivity contribution in [2.24, 2.45) is 11.8 Å². The first-order valence-electron chi connectivity index (χ1n) is 10.3. The Morgan fingerprint density at radius 2 is 1.61 bits per heavy atom. The van der Waals surface area contributed by atoms with Gasteiger partial charge >= 0.3 is 11.9 Å². The van der Waals surface area contributed by atoms with Crippen molar-refractivity contribution in [3.8, 4) is 0 Å². The monoisotopic (exact) mass is 428 g/mol. The zero-order valence-electron chi connectivity index (χ0n) is 18.7. The normalized spacial score (nSPS) is 26.1. The topological polar surface area (TPSA) is 89.9 Å². The van der Waals surface area contributed by atoms with E-state index in [4.69, 9.17) is 9.47 Å². The van der Waals surface area contributed by atoms with Crippen LogP contribution in [0.25, 0.3) is 0 Å². The van der Waals surface area contributed by atoms with Crippen LogP contribution in [-0.2, 0) is 29.3 Å². The number of rotatable bonds is 7. The second-order valence-corrected chi connectivity index (χ2v) is 9.19. The van der Waals surface area contributed by atoms with Crippen LogP contribution in [0.5, 0.6) is 0 Å². The molecule has 1 saturated carbocycles. The van der Waals surface area contributed by atoms with Crippen LogP contribution in [0.2, 0.25) is 0 Å². The molecule has 1 aromatic carbocycles. The standard InChI is InChI=1S/C25H32O6/c1-7-13-30-22(27)20-18(26)15-25(6,29)21(23(28)31-14-8-2)19(20)16-9-11-17(12-10-16)24(3,4)5/h7-12,19-21,29H,1-2,13-15H2,3-6H3/t19-,20-,21+,25-/m0/s1. The van der Waals surface area contributed by atoms with Gasteiger partial charge in [0.2, 0.25) is 0 Å². The van der Waals surface area contributed by atoms with Gasteiger partial charge in [0.15, 0.2) is 5.78 Å². The molecular formula is C25H32O6. The van der Waals surface area contributed by atoms with Crippen LogP contribution in [0.4, 0.5) is 0 Å². The minimum absolute atomic E-state index is 0.0411. The quantitative estimate of drug-likeness (QED) is 0.406. The van der Waals surface area contributed by atoms with Crippen LogP contribution in [0, 0.1) is 11.8 Å². The molecule has 0 aliphatic heterocycles. The largest absolute Gasteiger partial charge is 0.461 e. The fraction of sp³-hybridized carbons (Fsp3) is 0.480. The number of hydrogen-bond acceptors (Lipinski definition) is 6. The molecule has 1 aliphatic rings. The van der Waals surface area contributed by atoms with Crippen LogP contribution >= 0.6 is 0 Å². The van der Waals surface area contributed by atoms with Gasteiger partial charge in [0.1, 0.15) is 19.1 Å². The van der Waals surface area contributed by atoms with Gasteiger partial charge in [-0.3, -0.25) is 14.4 Å². The van der Waals surface area contributed by atoms with Crippen LogP contribution in [0.15, 0.2) is 49.6 Å². The molecule has 31 heavy (non-hydrogen) atoms. The zero-order valence-corrected chi connectivity index (χ0v) is 18.7. The molecule has 1 fully saturated rings. The molecule has 0 heterocycles. The zero-order chi connectivity index (χ0) is 23.4. The van der Waals surface area contributed by atoms with E-state index in [-0.39, 0.29) is 25.0 Å². The molecule has 0 unspecified atom stereocenters. The lowest BCUT2D eigenvalue weighted by Crippen LogP contribution is -2.55. The molecule has 1 aromatic rings. The predicted molar refractivity (Wildman–Crippen MR) is 117 cm³/mol. The van der Waals surface area contributed by atoms with E-state index >= 15 is 0 Å². The van der Waals surface area contributed by atoms with E-state index in [1.54, 1.807) is 12.1 Å². The lowest BCUT2D eigenvalue weighted by Gasteiger charge is -2.43. The molecule has 0 amide bonds. The smallest absolute Gasteiger partial charge is 0.317 e. The van der Waals surface area contributed by atoms with E-state index in [9.17, 15) is 19.5 Å². The Labute approximate surface area is 183 Å². The molecule has 0 radical (unpaired) electrons. The molecule has 0 spiro atoms. The third kappa shape index (κ3) is 5.50. The molecule has 6 heteroatoms. The Balaban J connectivity index is 2.60. The number of benzene rings is 1. The van der Waals surface area contributed by atoms with E-state index in [2.05, 4.69) is 33.9 Å². The van der Waals surface area contributed by atoms with Gasteiger partial charge in [0.05, 0.1) is 11.5 Å². The molecule has 0 aromatic heterocycles. The van der Waals surface area contributed by atoms with E-state index < -0.39 is 41.1 Å². The number of carbonyl (C=O) groups excluding carboxylic acids is 3. The highest BCUT2D eigenvalue weighted by atomic mass is 16.5. The van der Waals surface area contributed by atoms with Gasteiger partial charge in [-0.25, -0.2) is 0 Å². The summed E-state index contributed by atoms with van der Waals surface area (Å²) in [4.78, 5) is 38.7. The third-order valence-corrected chi connectivity index (χ3v) is 5.62. The molecule has 1 aliphatic carbocycles. The Bertz CT molecular complexity index is 844. The second-order valence-electron chi connectivity index (χ2n) is 9.19. The highest BCUT2D eigenvalue weighted by Crippen LogP contribution is 2.47. The number of hydrogen-bond donors (Lipinski definition) is 1. The second kappa shape index (κ2) is 9.60. The maximum atomic E-state index is 13.0. The maximum absolute atomic E-state index is 13.0. The number of ether oxygens (including phenoxy) is 2. The Morgan fingerprint density at radius 1 is 1.10 bits per heavy atom. The van der Waals surface area contributed by atoms with Crippen molar-refractivity contribution >= 4 is 17.7 Å². The first-order chi connectivity index (χ1) is 14.4. The fourth-order valence-electron chi connectivity index (χ4n) is 4.08. The van der Waals surface area contributed by atoms with Gasteiger partial charge in [0, 0.05) is 12.3 Å².